The number of carbonyl (C=O) groups excluding carboxylic acids is 2. The van der Waals surface area contributed by atoms with Gasteiger partial charge >= 0.3 is 0 Å². The molecule has 30 heavy (non-hydrogen) atoms. The van der Waals surface area contributed by atoms with E-state index in [4.69, 9.17) is 0 Å². The number of aryl methyl sites for hydroxylation is 1. The van der Waals surface area contributed by atoms with E-state index in [1.165, 1.54) is 5.56 Å². The lowest BCUT2D eigenvalue weighted by Crippen LogP contribution is -2.50. The molecule has 0 saturated carbocycles. The average molecular weight is 417 g/mol. The lowest BCUT2D eigenvalue weighted by Gasteiger charge is -2.38. The molecule has 7 nitrogen and oxygen atoms in total. The van der Waals surface area contributed by atoms with E-state index in [1.807, 2.05) is 17.0 Å². The van der Waals surface area contributed by atoms with Gasteiger partial charge in [0, 0.05) is 64.5 Å². The maximum Gasteiger partial charge on any atom is 0.222 e. The molecule has 0 radical (unpaired) electrons. The summed E-state index contributed by atoms with van der Waals surface area (Å²) in [6.07, 6.45) is 9.92. The van der Waals surface area contributed by atoms with Crippen molar-refractivity contribution in [1.29, 1.82) is 0 Å². The van der Waals surface area contributed by atoms with Crippen LogP contribution in [0.3, 0.4) is 0 Å². The molecule has 2 saturated heterocycles. The minimum atomic E-state index is -0.729. The molecule has 166 valence electrons. The van der Waals surface area contributed by atoms with Gasteiger partial charge in [-0.05, 0) is 62.6 Å². The summed E-state index contributed by atoms with van der Waals surface area (Å²) in [5.41, 5.74) is 0.484. The molecule has 1 aromatic heterocycles. The van der Waals surface area contributed by atoms with Crippen LogP contribution in [0, 0.1) is 0 Å². The third-order valence-electron chi connectivity index (χ3n) is 6.39. The van der Waals surface area contributed by atoms with Crippen molar-refractivity contribution >= 4 is 11.8 Å². The van der Waals surface area contributed by atoms with E-state index in [-0.39, 0.29) is 17.9 Å². The van der Waals surface area contributed by atoms with Crippen LogP contribution in [-0.4, -0.2) is 76.1 Å². The second kappa shape index (κ2) is 10.9. The van der Waals surface area contributed by atoms with Crippen LogP contribution in [0.15, 0.2) is 24.5 Å². The summed E-state index contributed by atoms with van der Waals surface area (Å²) >= 11 is 0. The number of nitrogens with one attached hydrogen (secondary N) is 1. The maximum absolute atomic E-state index is 12.7. The van der Waals surface area contributed by atoms with Crippen molar-refractivity contribution in [3.05, 3.63) is 30.1 Å². The molecule has 0 aliphatic carbocycles. The zero-order valence-corrected chi connectivity index (χ0v) is 18.2. The van der Waals surface area contributed by atoms with E-state index in [0.29, 0.717) is 25.9 Å². The van der Waals surface area contributed by atoms with Gasteiger partial charge in [0.25, 0.3) is 0 Å². The van der Waals surface area contributed by atoms with E-state index in [1.54, 1.807) is 19.3 Å². The standard InChI is InChI=1S/C23H36N4O3/c1-19(28)25-21-8-15-26(16-9-21)18-23(30)10-3-14-27(17-11-23)22(29)5-2-4-20-6-12-24-13-7-20/h6-7,12-13,21,30H,2-5,8-11,14-18H2,1H3,(H,25,28)/t23-/m1/s1. The number of rotatable bonds is 7. The molecule has 0 spiro atoms. The highest BCUT2D eigenvalue weighted by Gasteiger charge is 2.34. The molecule has 1 atom stereocenters. The van der Waals surface area contributed by atoms with E-state index in [2.05, 4.69) is 15.2 Å². The molecule has 2 N–H and O–H groups in total. The monoisotopic (exact) mass is 416 g/mol. The van der Waals surface area contributed by atoms with Crippen molar-refractivity contribution in [1.82, 2.24) is 20.1 Å². The fourth-order valence-corrected chi connectivity index (χ4v) is 4.68. The van der Waals surface area contributed by atoms with E-state index < -0.39 is 5.60 Å². The molecule has 2 aliphatic rings. The quantitative estimate of drug-likeness (QED) is 0.707. The summed E-state index contributed by atoms with van der Waals surface area (Å²) in [4.78, 5) is 32.1. The molecule has 0 aromatic carbocycles. The van der Waals surface area contributed by atoms with Crippen molar-refractivity contribution in [3.63, 3.8) is 0 Å². The van der Waals surface area contributed by atoms with Gasteiger partial charge in [0.05, 0.1) is 5.60 Å². The van der Waals surface area contributed by atoms with Crippen LogP contribution >= 0.6 is 0 Å². The Balaban J connectivity index is 1.40. The fourth-order valence-electron chi connectivity index (χ4n) is 4.68. The summed E-state index contributed by atoms with van der Waals surface area (Å²) in [5, 5.41) is 14.2. The van der Waals surface area contributed by atoms with Crippen LogP contribution < -0.4 is 5.32 Å². The van der Waals surface area contributed by atoms with E-state index >= 15 is 0 Å². The largest absolute Gasteiger partial charge is 0.388 e. The van der Waals surface area contributed by atoms with Crippen LogP contribution in [0.2, 0.25) is 0 Å². The summed E-state index contributed by atoms with van der Waals surface area (Å²) < 4.78 is 0. The maximum atomic E-state index is 12.7. The molecule has 1 aromatic rings. The Morgan fingerprint density at radius 1 is 1.17 bits per heavy atom. The molecule has 3 heterocycles. The zero-order valence-electron chi connectivity index (χ0n) is 18.2. The first-order valence-corrected chi connectivity index (χ1v) is 11.3. The number of β-amino-alcohol motifs (C(OH)–C–C–N with tert-alkyl or cyclic N) is 1. The fraction of sp³-hybridized carbons (Fsp3) is 0.696. The molecule has 2 aliphatic heterocycles. The van der Waals surface area contributed by atoms with Crippen molar-refractivity contribution < 1.29 is 14.7 Å². The summed E-state index contributed by atoms with van der Waals surface area (Å²) in [5.74, 6) is 0.228. The predicted octanol–water partition coefficient (Wildman–Crippen LogP) is 1.75. The van der Waals surface area contributed by atoms with Gasteiger partial charge in [0.1, 0.15) is 0 Å². The molecule has 2 fully saturated rings. The Hall–Kier alpha value is -1.99. The SMILES string of the molecule is CC(=O)NC1CCN(C[C@@]2(O)CCCN(C(=O)CCCc3ccncc3)CC2)CC1. The number of pyridine rings is 1. The Kier molecular flexibility index (Phi) is 8.22. The van der Waals surface area contributed by atoms with Crippen LogP contribution in [0.4, 0.5) is 0 Å². The van der Waals surface area contributed by atoms with Gasteiger partial charge in [-0.2, -0.15) is 0 Å². The minimum Gasteiger partial charge on any atom is -0.388 e. The van der Waals surface area contributed by atoms with Crippen molar-refractivity contribution in [3.8, 4) is 0 Å². The minimum absolute atomic E-state index is 0.0291. The van der Waals surface area contributed by atoms with Gasteiger partial charge in [-0.25, -0.2) is 0 Å². The van der Waals surface area contributed by atoms with Gasteiger partial charge in [0.2, 0.25) is 11.8 Å². The van der Waals surface area contributed by atoms with Gasteiger partial charge in [0.15, 0.2) is 0 Å². The number of aromatic nitrogens is 1. The molecular formula is C23H36N4O3. The number of hydrogen-bond acceptors (Lipinski definition) is 5. The molecule has 3 rings (SSSR count). The highest BCUT2D eigenvalue weighted by molar-refractivity contribution is 5.76. The Morgan fingerprint density at radius 2 is 1.90 bits per heavy atom. The lowest BCUT2D eigenvalue weighted by atomic mass is 9.93. The van der Waals surface area contributed by atoms with E-state index in [0.717, 1.165) is 58.2 Å². The first kappa shape index (κ1) is 22.7. The van der Waals surface area contributed by atoms with Gasteiger partial charge < -0.3 is 20.2 Å². The number of carbonyl (C=O) groups is 2. The van der Waals surface area contributed by atoms with Crippen LogP contribution in [0.25, 0.3) is 0 Å². The summed E-state index contributed by atoms with van der Waals surface area (Å²) in [6.45, 7) is 5.38. The first-order valence-electron chi connectivity index (χ1n) is 11.3. The van der Waals surface area contributed by atoms with Crippen molar-refractivity contribution in [2.24, 2.45) is 0 Å². The number of likely N-dealkylation sites (tertiary alicyclic amines) is 2. The molecule has 0 unspecified atom stereocenters. The van der Waals surface area contributed by atoms with Gasteiger partial charge in [-0.15, -0.1) is 0 Å². The molecule has 7 heteroatoms. The average Bonchev–Trinajstić information content (AvgIpc) is 2.91. The number of nitrogens with zero attached hydrogens (tertiary/aromatic N) is 3. The van der Waals surface area contributed by atoms with Crippen molar-refractivity contribution in [2.75, 3.05) is 32.7 Å². The molecule has 0 bridgehead atoms. The zero-order chi connectivity index (χ0) is 21.4. The second-order valence-electron chi connectivity index (χ2n) is 8.92. The number of hydrogen-bond donors (Lipinski definition) is 2. The summed E-state index contributed by atoms with van der Waals surface area (Å²) in [7, 11) is 0. The summed E-state index contributed by atoms with van der Waals surface area (Å²) in [6, 6.07) is 4.24. The van der Waals surface area contributed by atoms with Gasteiger partial charge in [-0.3, -0.25) is 14.6 Å². The third kappa shape index (κ3) is 7.06. The second-order valence-corrected chi connectivity index (χ2v) is 8.92. The third-order valence-corrected chi connectivity index (χ3v) is 6.39. The van der Waals surface area contributed by atoms with Crippen LogP contribution in [0.5, 0.6) is 0 Å². The first-order chi connectivity index (χ1) is 14.4. The Morgan fingerprint density at radius 3 is 2.60 bits per heavy atom. The Bertz CT molecular complexity index is 691. The normalized spacial score (nSPS) is 23.7. The van der Waals surface area contributed by atoms with Crippen LogP contribution in [0.1, 0.15) is 57.4 Å². The lowest BCUT2D eigenvalue weighted by molar-refractivity contribution is -0.131. The van der Waals surface area contributed by atoms with Gasteiger partial charge in [-0.1, -0.05) is 0 Å². The smallest absolute Gasteiger partial charge is 0.222 e. The number of aliphatic hydroxyl groups is 1. The molecule has 2 amide bonds. The van der Waals surface area contributed by atoms with E-state index in [9.17, 15) is 14.7 Å². The predicted molar refractivity (Wildman–Crippen MR) is 116 cm³/mol. The van der Waals surface area contributed by atoms with Crippen molar-refractivity contribution in [2.45, 2.75) is 69.9 Å². The number of amides is 2. The highest BCUT2D eigenvalue weighted by atomic mass is 16.3. The topological polar surface area (TPSA) is 85.8 Å². The van der Waals surface area contributed by atoms with Crippen LogP contribution in [-0.2, 0) is 16.0 Å². The highest BCUT2D eigenvalue weighted by Crippen LogP contribution is 2.25. The number of piperidine rings is 1. The Labute approximate surface area is 179 Å². The molecular weight excluding hydrogens is 380 g/mol.